The van der Waals surface area contributed by atoms with E-state index in [0.29, 0.717) is 17.0 Å². The Kier molecular flexibility index (Phi) is 4.14. The number of piperidine rings is 3. The lowest BCUT2D eigenvalue weighted by molar-refractivity contribution is 0.0217. The van der Waals surface area contributed by atoms with Gasteiger partial charge in [0.05, 0.1) is 4.88 Å². The van der Waals surface area contributed by atoms with Gasteiger partial charge in [-0.05, 0) is 51.3 Å². The maximum absolute atomic E-state index is 12.7. The maximum Gasteiger partial charge on any atom is 0.280 e. The second-order valence-electron chi connectivity index (χ2n) is 7.01. The lowest BCUT2D eigenvalue weighted by Gasteiger charge is -2.49. The normalized spacial score (nSPS) is 28.8. The first-order valence-corrected chi connectivity index (χ1v) is 9.51. The molecule has 4 heterocycles. The number of aromatic nitrogens is 1. The summed E-state index contributed by atoms with van der Waals surface area (Å²) in [4.78, 5) is 20.5. The van der Waals surface area contributed by atoms with E-state index in [1.54, 1.807) is 0 Å². The number of nitrogens with one attached hydrogen (secondary N) is 1. The van der Waals surface area contributed by atoms with Crippen LogP contribution in [0.3, 0.4) is 0 Å². The third-order valence-electron chi connectivity index (χ3n) is 5.51. The number of nitrogens with zero attached hydrogens (tertiary/aromatic N) is 2. The third-order valence-corrected chi connectivity index (χ3v) is 6.56. The van der Waals surface area contributed by atoms with Gasteiger partial charge >= 0.3 is 0 Å². The largest absolute Gasteiger partial charge is 0.345 e. The minimum Gasteiger partial charge on any atom is -0.345 e. The summed E-state index contributed by atoms with van der Waals surface area (Å²) in [6.07, 6.45) is 4.20. The smallest absolute Gasteiger partial charge is 0.280 e. The molecule has 4 nitrogen and oxygen atoms in total. The molecule has 3 aliphatic rings. The number of carbonyl (C=O) groups excluding carboxylic acids is 1. The Hall–Kier alpha value is -1.72. The van der Waals surface area contributed by atoms with Crippen molar-refractivity contribution < 1.29 is 4.79 Å². The molecule has 0 aliphatic carbocycles. The van der Waals surface area contributed by atoms with Crippen molar-refractivity contribution >= 4 is 17.2 Å². The molecule has 1 N–H and O–H groups in total. The van der Waals surface area contributed by atoms with Crippen LogP contribution < -0.4 is 5.32 Å². The third kappa shape index (κ3) is 2.87. The zero-order valence-corrected chi connectivity index (χ0v) is 15.0. The van der Waals surface area contributed by atoms with Gasteiger partial charge in [-0.3, -0.25) is 9.69 Å². The average Bonchev–Trinajstić information content (AvgIpc) is 3.09. The van der Waals surface area contributed by atoms with Gasteiger partial charge in [-0.1, -0.05) is 29.8 Å². The van der Waals surface area contributed by atoms with E-state index in [9.17, 15) is 4.79 Å². The fraction of sp³-hybridized carbons (Fsp3) is 0.474. The molecule has 2 aromatic rings. The first-order chi connectivity index (χ1) is 11.6. The maximum atomic E-state index is 12.7. The topological polar surface area (TPSA) is 45.2 Å². The van der Waals surface area contributed by atoms with Crippen LogP contribution in [0.4, 0.5) is 0 Å². The Morgan fingerprint density at radius 1 is 1.25 bits per heavy atom. The van der Waals surface area contributed by atoms with Gasteiger partial charge in [-0.2, -0.15) is 0 Å². The van der Waals surface area contributed by atoms with Crippen molar-refractivity contribution in [1.29, 1.82) is 0 Å². The van der Waals surface area contributed by atoms with E-state index in [1.807, 2.05) is 6.20 Å². The predicted octanol–water partition coefficient (Wildman–Crippen LogP) is 3.33. The fourth-order valence-electron chi connectivity index (χ4n) is 3.99. The minimum atomic E-state index is -0.0241. The van der Waals surface area contributed by atoms with Crippen LogP contribution in [0.25, 0.3) is 10.4 Å². The van der Waals surface area contributed by atoms with Gasteiger partial charge in [0.25, 0.3) is 5.91 Å². The van der Waals surface area contributed by atoms with Crippen molar-refractivity contribution in [2.24, 2.45) is 5.92 Å². The van der Waals surface area contributed by atoms with Gasteiger partial charge in [-0.25, -0.2) is 4.98 Å². The second kappa shape index (κ2) is 6.30. The summed E-state index contributed by atoms with van der Waals surface area (Å²) >= 11 is 1.47. The molecule has 126 valence electrons. The molecule has 3 saturated heterocycles. The summed E-state index contributed by atoms with van der Waals surface area (Å²) in [7, 11) is 0. The molecule has 2 bridgehead atoms. The summed E-state index contributed by atoms with van der Waals surface area (Å²) < 4.78 is 0. The highest BCUT2D eigenvalue weighted by Gasteiger charge is 2.40. The quantitative estimate of drug-likeness (QED) is 0.931. The summed E-state index contributed by atoms with van der Waals surface area (Å²) in [5, 5.41) is 3.82. The molecule has 1 aromatic heterocycles. The molecule has 1 aromatic carbocycles. The molecule has 24 heavy (non-hydrogen) atoms. The van der Waals surface area contributed by atoms with Crippen molar-refractivity contribution in [3.63, 3.8) is 0 Å². The van der Waals surface area contributed by atoms with Crippen LogP contribution in [0.15, 0.2) is 30.5 Å². The van der Waals surface area contributed by atoms with E-state index in [1.165, 1.54) is 42.8 Å². The summed E-state index contributed by atoms with van der Waals surface area (Å²) in [6, 6.07) is 9.03. The first-order valence-electron chi connectivity index (χ1n) is 8.69. The van der Waals surface area contributed by atoms with E-state index in [-0.39, 0.29) is 11.9 Å². The SMILES string of the molecule is Cc1ccc(-c2cnc(C(=O)NC3C4CCN(CC4)C3C)s2)cc1. The summed E-state index contributed by atoms with van der Waals surface area (Å²) in [5.74, 6) is 0.592. The standard InChI is InChI=1S/C19H23N3OS/c1-12-3-5-14(6-4-12)16-11-20-19(24-16)18(23)21-17-13(2)22-9-7-15(17)8-10-22/h3-6,11,13,15,17H,7-10H2,1-2H3,(H,21,23). The zero-order chi connectivity index (χ0) is 16.7. The molecule has 2 unspecified atom stereocenters. The highest BCUT2D eigenvalue weighted by molar-refractivity contribution is 7.16. The Morgan fingerprint density at radius 2 is 1.96 bits per heavy atom. The number of carbonyl (C=O) groups is 1. The first kappa shape index (κ1) is 15.8. The highest BCUT2D eigenvalue weighted by Crippen LogP contribution is 2.33. The second-order valence-corrected chi connectivity index (χ2v) is 8.04. The van der Waals surface area contributed by atoms with Crippen LogP contribution in [0.1, 0.15) is 35.1 Å². The van der Waals surface area contributed by atoms with E-state index in [0.717, 1.165) is 10.4 Å². The molecule has 2 atom stereocenters. The van der Waals surface area contributed by atoms with Crippen LogP contribution in [0.2, 0.25) is 0 Å². The minimum absolute atomic E-state index is 0.0241. The average molecular weight is 341 g/mol. The number of rotatable bonds is 3. The van der Waals surface area contributed by atoms with Gasteiger partial charge in [0, 0.05) is 18.3 Å². The van der Waals surface area contributed by atoms with Crippen molar-refractivity contribution in [3.05, 3.63) is 41.0 Å². The Labute approximate surface area is 146 Å². The monoisotopic (exact) mass is 341 g/mol. The Bertz CT molecular complexity index is 729. The highest BCUT2D eigenvalue weighted by atomic mass is 32.1. The van der Waals surface area contributed by atoms with E-state index >= 15 is 0 Å². The van der Waals surface area contributed by atoms with Gasteiger partial charge in [-0.15, -0.1) is 11.3 Å². The van der Waals surface area contributed by atoms with E-state index in [2.05, 4.69) is 53.3 Å². The fourth-order valence-corrected chi connectivity index (χ4v) is 4.81. The molecular weight excluding hydrogens is 318 g/mol. The number of hydrogen-bond donors (Lipinski definition) is 1. The van der Waals surface area contributed by atoms with Crippen LogP contribution in [-0.4, -0.2) is 41.0 Å². The predicted molar refractivity (Wildman–Crippen MR) is 97.3 cm³/mol. The van der Waals surface area contributed by atoms with Crippen LogP contribution in [-0.2, 0) is 0 Å². The molecule has 0 radical (unpaired) electrons. The van der Waals surface area contributed by atoms with Crippen molar-refractivity contribution in [2.75, 3.05) is 13.1 Å². The van der Waals surface area contributed by atoms with Crippen molar-refractivity contribution in [1.82, 2.24) is 15.2 Å². The van der Waals surface area contributed by atoms with Crippen LogP contribution in [0, 0.1) is 12.8 Å². The molecule has 3 aliphatic heterocycles. The molecule has 5 heteroatoms. The van der Waals surface area contributed by atoms with E-state index in [4.69, 9.17) is 0 Å². The van der Waals surface area contributed by atoms with Gasteiger partial charge in [0.2, 0.25) is 0 Å². The van der Waals surface area contributed by atoms with E-state index < -0.39 is 0 Å². The molecule has 0 saturated carbocycles. The molecule has 0 spiro atoms. The molecule has 5 rings (SSSR count). The van der Waals surface area contributed by atoms with Gasteiger partial charge in [0.15, 0.2) is 5.01 Å². The summed E-state index contributed by atoms with van der Waals surface area (Å²) in [5.41, 5.74) is 2.35. The Morgan fingerprint density at radius 3 is 2.62 bits per heavy atom. The number of benzene rings is 1. The lowest BCUT2D eigenvalue weighted by Crippen LogP contribution is -2.62. The number of thiazole rings is 1. The van der Waals surface area contributed by atoms with Crippen LogP contribution in [0.5, 0.6) is 0 Å². The number of fused-ring (bicyclic) bond motifs is 3. The number of amides is 1. The van der Waals surface area contributed by atoms with Gasteiger partial charge < -0.3 is 5.32 Å². The zero-order valence-electron chi connectivity index (χ0n) is 14.2. The van der Waals surface area contributed by atoms with Crippen molar-refractivity contribution in [3.8, 4) is 10.4 Å². The van der Waals surface area contributed by atoms with Crippen LogP contribution >= 0.6 is 11.3 Å². The summed E-state index contributed by atoms with van der Waals surface area (Å²) in [6.45, 7) is 6.65. The van der Waals surface area contributed by atoms with Gasteiger partial charge in [0.1, 0.15) is 0 Å². The number of hydrogen-bond acceptors (Lipinski definition) is 4. The molecule has 3 fully saturated rings. The lowest BCUT2D eigenvalue weighted by atomic mass is 9.79. The Balaban J connectivity index is 1.48. The molecular formula is C19H23N3OS. The molecule has 1 amide bonds. The van der Waals surface area contributed by atoms with Crippen molar-refractivity contribution in [2.45, 2.75) is 38.8 Å². The number of aryl methyl sites for hydroxylation is 1.